The monoisotopic (exact) mass is 591 g/mol. The second kappa shape index (κ2) is 10.5. The quantitative estimate of drug-likeness (QED) is 0.191. The molecule has 0 atom stereocenters. The van der Waals surface area contributed by atoms with Crippen molar-refractivity contribution in [3.8, 4) is 44.9 Å². The van der Waals surface area contributed by atoms with E-state index in [0.29, 0.717) is 0 Å². The van der Waals surface area contributed by atoms with E-state index in [9.17, 15) is 0 Å². The van der Waals surface area contributed by atoms with Gasteiger partial charge in [-0.25, -0.2) is 9.97 Å². The van der Waals surface area contributed by atoms with Crippen LogP contribution in [0, 0.1) is 0 Å². The zero-order valence-electron chi connectivity index (χ0n) is 24.2. The number of hydrogen-bond acceptors (Lipinski definition) is 4. The molecule has 6 aromatic carbocycles. The summed E-state index contributed by atoms with van der Waals surface area (Å²) in [6, 6.07) is 51.3. The standard InChI is InChI=1S/C41H25N3S/c1-2-9-29(10-3-1)38-40-39(34-14-6-7-15-36(34)45-40)44-41(43-38)30-22-18-27(19-23-30)26-16-20-28(21-17-26)35-25-31-11-8-24-42-37(31)33-13-5-4-12-32(33)35/h1-25H. The van der Waals surface area contributed by atoms with Crippen molar-refractivity contribution in [3.63, 3.8) is 0 Å². The van der Waals surface area contributed by atoms with Gasteiger partial charge in [-0.3, -0.25) is 4.98 Å². The van der Waals surface area contributed by atoms with E-state index in [1.165, 1.54) is 37.5 Å². The molecule has 0 aliphatic heterocycles. The lowest BCUT2D eigenvalue weighted by atomic mass is 9.94. The second-order valence-electron chi connectivity index (χ2n) is 11.2. The van der Waals surface area contributed by atoms with Gasteiger partial charge in [0.05, 0.1) is 21.4 Å². The largest absolute Gasteiger partial charge is 0.256 e. The summed E-state index contributed by atoms with van der Waals surface area (Å²) in [7, 11) is 0. The van der Waals surface area contributed by atoms with Gasteiger partial charge >= 0.3 is 0 Å². The van der Waals surface area contributed by atoms with Crippen LogP contribution in [0.15, 0.2) is 152 Å². The lowest BCUT2D eigenvalue weighted by molar-refractivity contribution is 1.24. The maximum Gasteiger partial charge on any atom is 0.160 e. The lowest BCUT2D eigenvalue weighted by Gasteiger charge is -2.11. The summed E-state index contributed by atoms with van der Waals surface area (Å²) in [5, 5.41) is 4.71. The number of rotatable bonds is 4. The molecule has 0 N–H and O–H groups in total. The molecule has 3 nitrogen and oxygen atoms in total. The van der Waals surface area contributed by atoms with Gasteiger partial charge in [-0.2, -0.15) is 0 Å². The van der Waals surface area contributed by atoms with E-state index in [0.717, 1.165) is 49.3 Å². The molecule has 3 aromatic heterocycles. The third-order valence-electron chi connectivity index (χ3n) is 8.55. The van der Waals surface area contributed by atoms with Crippen LogP contribution < -0.4 is 0 Å². The molecule has 9 rings (SSSR count). The number of fused-ring (bicyclic) bond motifs is 6. The van der Waals surface area contributed by atoms with E-state index >= 15 is 0 Å². The molecule has 0 spiro atoms. The van der Waals surface area contributed by atoms with Crippen LogP contribution in [0.1, 0.15) is 0 Å². The fraction of sp³-hybridized carbons (Fsp3) is 0. The molecule has 4 heteroatoms. The maximum atomic E-state index is 5.13. The number of pyridine rings is 1. The average Bonchev–Trinajstić information content (AvgIpc) is 3.50. The predicted octanol–water partition coefficient (Wildman–Crippen LogP) is 11.2. The van der Waals surface area contributed by atoms with E-state index in [4.69, 9.17) is 9.97 Å². The summed E-state index contributed by atoms with van der Waals surface area (Å²) < 4.78 is 2.35. The predicted molar refractivity (Wildman–Crippen MR) is 189 cm³/mol. The van der Waals surface area contributed by atoms with Crippen molar-refractivity contribution in [1.29, 1.82) is 0 Å². The van der Waals surface area contributed by atoms with E-state index in [2.05, 4.69) is 138 Å². The number of aromatic nitrogens is 3. The van der Waals surface area contributed by atoms with Crippen molar-refractivity contribution in [2.24, 2.45) is 0 Å². The number of nitrogens with zero attached hydrogens (tertiary/aromatic N) is 3. The Labute approximate surface area is 264 Å². The molecule has 0 amide bonds. The van der Waals surface area contributed by atoms with E-state index in [1.54, 1.807) is 11.3 Å². The molecular weight excluding hydrogens is 567 g/mol. The molecule has 0 unspecified atom stereocenters. The third-order valence-corrected chi connectivity index (χ3v) is 9.72. The van der Waals surface area contributed by atoms with Gasteiger partial charge in [-0.1, -0.05) is 127 Å². The number of benzene rings is 6. The molecule has 0 saturated heterocycles. The highest BCUT2D eigenvalue weighted by molar-refractivity contribution is 7.26. The Bertz CT molecular complexity index is 2520. The van der Waals surface area contributed by atoms with Gasteiger partial charge in [-0.05, 0) is 45.8 Å². The first-order chi connectivity index (χ1) is 22.3. The number of hydrogen-bond donors (Lipinski definition) is 0. The molecule has 210 valence electrons. The van der Waals surface area contributed by atoms with Crippen LogP contribution in [0.2, 0.25) is 0 Å². The summed E-state index contributed by atoms with van der Waals surface area (Å²) in [5.41, 5.74) is 9.87. The first-order valence-electron chi connectivity index (χ1n) is 15.0. The highest BCUT2D eigenvalue weighted by Crippen LogP contribution is 2.40. The van der Waals surface area contributed by atoms with Crippen molar-refractivity contribution in [1.82, 2.24) is 15.0 Å². The second-order valence-corrected chi connectivity index (χ2v) is 12.3. The van der Waals surface area contributed by atoms with Gasteiger partial charge in [0.25, 0.3) is 0 Å². The van der Waals surface area contributed by atoms with Gasteiger partial charge < -0.3 is 0 Å². The van der Waals surface area contributed by atoms with Crippen LogP contribution in [0.5, 0.6) is 0 Å². The molecule has 0 bridgehead atoms. The van der Waals surface area contributed by atoms with Gasteiger partial charge in [0, 0.05) is 38.2 Å². The Hall–Kier alpha value is -5.71. The SMILES string of the molecule is c1ccc(-c2nc(-c3ccc(-c4ccc(-c5cc6cccnc6c6ccccc56)cc4)cc3)nc3c2sc2ccccc23)cc1. The zero-order valence-corrected chi connectivity index (χ0v) is 25.0. The van der Waals surface area contributed by atoms with E-state index in [1.807, 2.05) is 18.3 Å². The highest BCUT2D eigenvalue weighted by Gasteiger charge is 2.16. The molecule has 45 heavy (non-hydrogen) atoms. The molecule has 0 saturated carbocycles. The highest BCUT2D eigenvalue weighted by atomic mass is 32.1. The van der Waals surface area contributed by atoms with Crippen LogP contribution in [0.4, 0.5) is 0 Å². The summed E-state index contributed by atoms with van der Waals surface area (Å²) in [4.78, 5) is 14.9. The van der Waals surface area contributed by atoms with Crippen LogP contribution >= 0.6 is 11.3 Å². The Balaban J connectivity index is 1.09. The Kier molecular flexibility index (Phi) is 6.00. The molecule has 0 radical (unpaired) electrons. The van der Waals surface area contributed by atoms with Gasteiger partial charge in [0.1, 0.15) is 0 Å². The van der Waals surface area contributed by atoms with Gasteiger partial charge in [-0.15, -0.1) is 11.3 Å². The van der Waals surface area contributed by atoms with Crippen molar-refractivity contribution >= 4 is 53.3 Å². The Morgan fingerprint density at radius 1 is 0.444 bits per heavy atom. The van der Waals surface area contributed by atoms with Crippen molar-refractivity contribution in [2.75, 3.05) is 0 Å². The minimum absolute atomic E-state index is 0.740. The molecule has 9 aromatic rings. The smallest absolute Gasteiger partial charge is 0.160 e. The Morgan fingerprint density at radius 2 is 1.09 bits per heavy atom. The van der Waals surface area contributed by atoms with Crippen LogP contribution in [0.3, 0.4) is 0 Å². The normalized spacial score (nSPS) is 11.6. The zero-order chi connectivity index (χ0) is 29.7. The van der Waals surface area contributed by atoms with Crippen LogP contribution in [0.25, 0.3) is 86.9 Å². The lowest BCUT2D eigenvalue weighted by Crippen LogP contribution is -1.93. The van der Waals surface area contributed by atoms with Crippen LogP contribution in [-0.4, -0.2) is 15.0 Å². The van der Waals surface area contributed by atoms with Crippen LogP contribution in [-0.2, 0) is 0 Å². The number of thiophene rings is 1. The van der Waals surface area contributed by atoms with Crippen molar-refractivity contribution in [3.05, 3.63) is 152 Å². The fourth-order valence-electron chi connectivity index (χ4n) is 6.32. The summed E-state index contributed by atoms with van der Waals surface area (Å²) in [5.74, 6) is 0.740. The van der Waals surface area contributed by atoms with Crippen molar-refractivity contribution < 1.29 is 0 Å². The topological polar surface area (TPSA) is 38.7 Å². The third kappa shape index (κ3) is 4.38. The molecule has 0 fully saturated rings. The van der Waals surface area contributed by atoms with E-state index in [-0.39, 0.29) is 0 Å². The molecule has 3 heterocycles. The summed E-state index contributed by atoms with van der Waals surface area (Å²) in [6.07, 6.45) is 1.87. The first kappa shape index (κ1) is 25.8. The minimum Gasteiger partial charge on any atom is -0.256 e. The summed E-state index contributed by atoms with van der Waals surface area (Å²) >= 11 is 1.76. The first-order valence-corrected chi connectivity index (χ1v) is 15.8. The Morgan fingerprint density at radius 3 is 1.87 bits per heavy atom. The maximum absolute atomic E-state index is 5.13. The van der Waals surface area contributed by atoms with Crippen molar-refractivity contribution in [2.45, 2.75) is 0 Å². The molecular formula is C41H25N3S. The molecule has 0 aliphatic carbocycles. The van der Waals surface area contributed by atoms with E-state index < -0.39 is 0 Å². The van der Waals surface area contributed by atoms with Gasteiger partial charge in [0.15, 0.2) is 5.82 Å². The summed E-state index contributed by atoms with van der Waals surface area (Å²) in [6.45, 7) is 0. The minimum atomic E-state index is 0.740. The fourth-order valence-corrected chi connectivity index (χ4v) is 7.48. The average molecular weight is 592 g/mol. The molecule has 0 aliphatic rings. The van der Waals surface area contributed by atoms with Gasteiger partial charge in [0.2, 0.25) is 0 Å².